The lowest BCUT2D eigenvalue weighted by Gasteiger charge is -2.14. The van der Waals surface area contributed by atoms with Crippen LogP contribution in [0.1, 0.15) is 19.4 Å². The Morgan fingerprint density at radius 3 is 2.25 bits per heavy atom. The summed E-state index contributed by atoms with van der Waals surface area (Å²) in [7, 11) is 0. The van der Waals surface area contributed by atoms with E-state index < -0.39 is 0 Å². The lowest BCUT2D eigenvalue weighted by atomic mass is 10.1. The molecular formula is C14H20ClN. The normalized spacial score (nSPS) is 11.5. The van der Waals surface area contributed by atoms with Crippen molar-refractivity contribution in [3.63, 3.8) is 0 Å². The van der Waals surface area contributed by atoms with Gasteiger partial charge in [0.1, 0.15) is 0 Å². The monoisotopic (exact) mass is 237 g/mol. The van der Waals surface area contributed by atoms with Crippen molar-refractivity contribution in [3.8, 4) is 0 Å². The van der Waals surface area contributed by atoms with Crippen LogP contribution in [0.3, 0.4) is 0 Å². The lowest BCUT2D eigenvalue weighted by Crippen LogP contribution is -2.22. The quantitative estimate of drug-likeness (QED) is 0.681. The van der Waals surface area contributed by atoms with E-state index in [2.05, 4.69) is 43.0 Å². The second-order valence-corrected chi connectivity index (χ2v) is 4.22. The molecule has 0 unspecified atom stereocenters. The lowest BCUT2D eigenvalue weighted by molar-refractivity contribution is 0.337. The highest BCUT2D eigenvalue weighted by Crippen LogP contribution is 2.10. The molecule has 0 saturated heterocycles. The topological polar surface area (TPSA) is 3.24 Å². The van der Waals surface area contributed by atoms with E-state index in [0.717, 1.165) is 31.1 Å². The Hall–Kier alpha value is -0.790. The Morgan fingerprint density at radius 1 is 1.06 bits per heavy atom. The van der Waals surface area contributed by atoms with E-state index in [4.69, 9.17) is 11.6 Å². The van der Waals surface area contributed by atoms with Crippen LogP contribution in [0.5, 0.6) is 0 Å². The Kier molecular flexibility index (Phi) is 6.20. The standard InChI is InChI=1S/C14H20ClN/c1-3-16(4-2)12-6-5-7-13-8-10-14(15)11-9-13/h5-6,8-11H,3-4,7,12H2,1-2H3. The zero-order valence-corrected chi connectivity index (χ0v) is 10.9. The number of allylic oxidation sites excluding steroid dienone is 1. The molecular weight excluding hydrogens is 218 g/mol. The second kappa shape index (κ2) is 7.48. The van der Waals surface area contributed by atoms with E-state index in [1.54, 1.807) is 0 Å². The molecule has 0 heterocycles. The molecule has 1 nitrogen and oxygen atoms in total. The van der Waals surface area contributed by atoms with Crippen LogP contribution in [-0.2, 0) is 6.42 Å². The molecule has 2 heteroatoms. The highest BCUT2D eigenvalue weighted by atomic mass is 35.5. The van der Waals surface area contributed by atoms with Gasteiger partial charge in [-0.3, -0.25) is 0 Å². The number of nitrogens with zero attached hydrogens (tertiary/aromatic N) is 1. The number of likely N-dealkylation sites (N-methyl/N-ethyl adjacent to an activating group) is 1. The summed E-state index contributed by atoms with van der Waals surface area (Å²) in [5.74, 6) is 0. The summed E-state index contributed by atoms with van der Waals surface area (Å²) < 4.78 is 0. The van der Waals surface area contributed by atoms with Crippen molar-refractivity contribution in [2.75, 3.05) is 19.6 Å². The molecule has 0 amide bonds. The maximum Gasteiger partial charge on any atom is 0.0406 e. The Morgan fingerprint density at radius 2 is 1.69 bits per heavy atom. The fourth-order valence-corrected chi connectivity index (χ4v) is 1.67. The number of rotatable bonds is 6. The van der Waals surface area contributed by atoms with Gasteiger partial charge in [-0.25, -0.2) is 0 Å². The summed E-state index contributed by atoms with van der Waals surface area (Å²) in [5, 5.41) is 0.802. The van der Waals surface area contributed by atoms with Crippen molar-refractivity contribution in [1.29, 1.82) is 0 Å². The molecule has 0 radical (unpaired) electrons. The van der Waals surface area contributed by atoms with Crippen LogP contribution in [0, 0.1) is 0 Å². The second-order valence-electron chi connectivity index (χ2n) is 3.79. The maximum atomic E-state index is 5.83. The minimum atomic E-state index is 0.802. The molecule has 0 N–H and O–H groups in total. The Balaban J connectivity index is 2.33. The highest BCUT2D eigenvalue weighted by molar-refractivity contribution is 6.30. The first-order valence-corrected chi connectivity index (χ1v) is 6.25. The van der Waals surface area contributed by atoms with Crippen molar-refractivity contribution in [1.82, 2.24) is 4.90 Å². The SMILES string of the molecule is CCN(CC)CC=CCc1ccc(Cl)cc1. The molecule has 0 saturated carbocycles. The van der Waals surface area contributed by atoms with Crippen molar-refractivity contribution < 1.29 is 0 Å². The first kappa shape index (κ1) is 13.3. The summed E-state index contributed by atoms with van der Waals surface area (Å²) >= 11 is 5.83. The highest BCUT2D eigenvalue weighted by Gasteiger charge is 1.94. The molecule has 0 aliphatic heterocycles. The number of hydrogen-bond donors (Lipinski definition) is 0. The van der Waals surface area contributed by atoms with Gasteiger partial charge >= 0.3 is 0 Å². The minimum Gasteiger partial charge on any atom is -0.300 e. The molecule has 0 spiro atoms. The largest absolute Gasteiger partial charge is 0.300 e. The van der Waals surface area contributed by atoms with Gasteiger partial charge in [0.2, 0.25) is 0 Å². The molecule has 1 aromatic rings. The van der Waals surface area contributed by atoms with E-state index in [1.807, 2.05) is 12.1 Å². The third-order valence-electron chi connectivity index (χ3n) is 2.69. The predicted octanol–water partition coefficient (Wildman–Crippen LogP) is 3.78. The fourth-order valence-electron chi connectivity index (χ4n) is 1.55. The van der Waals surface area contributed by atoms with Crippen molar-refractivity contribution >= 4 is 11.6 Å². The third kappa shape index (κ3) is 4.82. The van der Waals surface area contributed by atoms with Gasteiger partial charge in [-0.05, 0) is 37.2 Å². The summed E-state index contributed by atoms with van der Waals surface area (Å²) in [6.45, 7) is 7.65. The molecule has 0 bridgehead atoms. The smallest absolute Gasteiger partial charge is 0.0406 e. The van der Waals surface area contributed by atoms with Crippen LogP contribution in [0.4, 0.5) is 0 Å². The first-order valence-electron chi connectivity index (χ1n) is 5.88. The number of halogens is 1. The van der Waals surface area contributed by atoms with Crippen LogP contribution in [0.25, 0.3) is 0 Å². The number of hydrogen-bond acceptors (Lipinski definition) is 1. The number of benzene rings is 1. The first-order chi connectivity index (χ1) is 7.76. The van der Waals surface area contributed by atoms with E-state index in [0.29, 0.717) is 0 Å². The molecule has 0 aliphatic carbocycles. The van der Waals surface area contributed by atoms with E-state index in [9.17, 15) is 0 Å². The van der Waals surface area contributed by atoms with Crippen molar-refractivity contribution in [3.05, 3.63) is 47.0 Å². The molecule has 16 heavy (non-hydrogen) atoms. The van der Waals surface area contributed by atoms with Gasteiger partial charge < -0.3 is 4.90 Å². The van der Waals surface area contributed by atoms with Crippen molar-refractivity contribution in [2.24, 2.45) is 0 Å². The average Bonchev–Trinajstić information content (AvgIpc) is 2.32. The summed E-state index contributed by atoms with van der Waals surface area (Å²) in [6.07, 6.45) is 5.45. The fraction of sp³-hybridized carbons (Fsp3) is 0.429. The van der Waals surface area contributed by atoms with Crippen LogP contribution in [-0.4, -0.2) is 24.5 Å². The molecule has 1 aromatic carbocycles. The molecule has 0 fully saturated rings. The van der Waals surface area contributed by atoms with Gasteiger partial charge in [-0.15, -0.1) is 0 Å². The van der Waals surface area contributed by atoms with Gasteiger partial charge in [-0.1, -0.05) is 49.7 Å². The van der Waals surface area contributed by atoms with Crippen LogP contribution < -0.4 is 0 Å². The Bertz CT molecular complexity index is 312. The van der Waals surface area contributed by atoms with Gasteiger partial charge in [0.25, 0.3) is 0 Å². The van der Waals surface area contributed by atoms with Gasteiger partial charge in [0.05, 0.1) is 0 Å². The molecule has 1 rings (SSSR count). The molecule has 88 valence electrons. The van der Waals surface area contributed by atoms with Gasteiger partial charge in [0, 0.05) is 11.6 Å². The maximum absolute atomic E-state index is 5.83. The minimum absolute atomic E-state index is 0.802. The van der Waals surface area contributed by atoms with E-state index >= 15 is 0 Å². The summed E-state index contributed by atoms with van der Waals surface area (Å²) in [4.78, 5) is 2.39. The molecule has 0 atom stereocenters. The van der Waals surface area contributed by atoms with Crippen LogP contribution in [0.2, 0.25) is 5.02 Å². The third-order valence-corrected chi connectivity index (χ3v) is 2.94. The van der Waals surface area contributed by atoms with Crippen LogP contribution in [0.15, 0.2) is 36.4 Å². The molecule has 0 aliphatic rings. The van der Waals surface area contributed by atoms with E-state index in [1.165, 1.54) is 5.56 Å². The van der Waals surface area contributed by atoms with Gasteiger partial charge in [0.15, 0.2) is 0 Å². The van der Waals surface area contributed by atoms with Gasteiger partial charge in [-0.2, -0.15) is 0 Å². The average molecular weight is 238 g/mol. The van der Waals surface area contributed by atoms with Crippen molar-refractivity contribution in [2.45, 2.75) is 20.3 Å². The van der Waals surface area contributed by atoms with E-state index in [-0.39, 0.29) is 0 Å². The molecule has 0 aromatic heterocycles. The summed E-state index contributed by atoms with van der Waals surface area (Å²) in [5.41, 5.74) is 1.31. The zero-order valence-electron chi connectivity index (χ0n) is 10.1. The van der Waals surface area contributed by atoms with Crippen LogP contribution >= 0.6 is 11.6 Å². The zero-order chi connectivity index (χ0) is 11.8. The Labute approximate surface area is 104 Å². The predicted molar refractivity (Wildman–Crippen MR) is 72.1 cm³/mol. The summed E-state index contributed by atoms with van der Waals surface area (Å²) in [6, 6.07) is 8.03.